The smallest absolute Gasteiger partial charge is 0.308 e. The van der Waals surface area contributed by atoms with Gasteiger partial charge in [-0.1, -0.05) is 56.5 Å². The van der Waals surface area contributed by atoms with E-state index in [1.807, 2.05) is 19.9 Å². The summed E-state index contributed by atoms with van der Waals surface area (Å²) in [4.78, 5) is 2.41. The van der Waals surface area contributed by atoms with Gasteiger partial charge in [0.25, 0.3) is 0 Å². The van der Waals surface area contributed by atoms with E-state index in [2.05, 4.69) is 36.1 Å². The molecule has 5 heteroatoms. The van der Waals surface area contributed by atoms with Gasteiger partial charge in [0.2, 0.25) is 0 Å². The van der Waals surface area contributed by atoms with Crippen molar-refractivity contribution in [2.45, 2.75) is 77.5 Å². The van der Waals surface area contributed by atoms with Crippen molar-refractivity contribution in [2.24, 2.45) is 0 Å². The van der Waals surface area contributed by atoms with Crippen molar-refractivity contribution in [3.63, 3.8) is 0 Å². The number of likely N-dealkylation sites (tertiary alicyclic amines) is 1. The molecule has 1 aromatic carbocycles. The van der Waals surface area contributed by atoms with Gasteiger partial charge >= 0.3 is 7.60 Å². The molecule has 1 saturated heterocycles. The first-order valence-corrected chi connectivity index (χ1v) is 11.8. The zero-order valence-electron chi connectivity index (χ0n) is 16.8. The van der Waals surface area contributed by atoms with Gasteiger partial charge in [-0.3, -0.25) is 9.46 Å². The Morgan fingerprint density at radius 1 is 1.04 bits per heavy atom. The summed E-state index contributed by atoms with van der Waals surface area (Å²) in [6, 6.07) is 10.5. The van der Waals surface area contributed by atoms with Crippen LogP contribution in [-0.2, 0) is 20.2 Å². The Bertz CT molecular complexity index is 556. The first kappa shape index (κ1) is 21.6. The average Bonchev–Trinajstić information content (AvgIpc) is 2.64. The van der Waals surface area contributed by atoms with Crippen LogP contribution in [0.3, 0.4) is 0 Å². The van der Waals surface area contributed by atoms with E-state index in [-0.39, 0.29) is 0 Å². The number of benzene rings is 1. The number of hydrogen-bond acceptors (Lipinski definition) is 4. The summed E-state index contributed by atoms with van der Waals surface area (Å²) in [5, 5.41) is -0.498. The van der Waals surface area contributed by atoms with Crippen molar-refractivity contribution >= 4 is 7.60 Å². The Morgan fingerprint density at radius 3 is 2.35 bits per heavy atom. The lowest BCUT2D eigenvalue weighted by Crippen LogP contribution is -2.51. The molecule has 0 aromatic heterocycles. The zero-order valence-corrected chi connectivity index (χ0v) is 17.7. The van der Waals surface area contributed by atoms with E-state index in [0.717, 1.165) is 58.0 Å². The van der Waals surface area contributed by atoms with E-state index in [0.29, 0.717) is 13.2 Å². The number of nitrogens with zero attached hydrogens (tertiary/aromatic N) is 1. The molecule has 1 fully saturated rings. The third kappa shape index (κ3) is 4.98. The molecule has 1 heterocycles. The standard InChI is InChI=1S/C21H36NO3P/c1-4-7-11-16-21(26(23,24-5-2)25-6-3)17-12-13-18-22(21)19-20-14-9-8-10-15-20/h8-10,14-15H,4-7,11-13,16-19H2,1-3H3. The monoisotopic (exact) mass is 381 g/mol. The fourth-order valence-electron chi connectivity index (χ4n) is 4.11. The quantitative estimate of drug-likeness (QED) is 0.337. The Balaban J connectivity index is 2.38. The van der Waals surface area contributed by atoms with E-state index in [1.165, 1.54) is 5.56 Å². The van der Waals surface area contributed by atoms with Crippen LogP contribution < -0.4 is 0 Å². The number of rotatable bonds is 11. The minimum Gasteiger partial charge on any atom is -0.308 e. The molecular weight excluding hydrogens is 345 g/mol. The molecule has 1 aromatic rings. The summed E-state index contributed by atoms with van der Waals surface area (Å²) in [5.41, 5.74) is 1.26. The molecule has 0 aliphatic carbocycles. The first-order chi connectivity index (χ1) is 12.6. The molecule has 1 aliphatic rings. The minimum atomic E-state index is -3.23. The fourth-order valence-corrected chi connectivity index (χ4v) is 6.73. The second-order valence-corrected chi connectivity index (χ2v) is 9.48. The Labute approximate surface area is 159 Å². The molecule has 0 saturated carbocycles. The molecule has 4 nitrogen and oxygen atoms in total. The highest BCUT2D eigenvalue weighted by atomic mass is 31.2. The third-order valence-electron chi connectivity index (χ3n) is 5.35. The zero-order chi connectivity index (χ0) is 18.9. The lowest BCUT2D eigenvalue weighted by molar-refractivity contribution is 0.0536. The van der Waals surface area contributed by atoms with Crippen molar-refractivity contribution in [1.29, 1.82) is 0 Å². The summed E-state index contributed by atoms with van der Waals surface area (Å²) < 4.78 is 25.8. The van der Waals surface area contributed by atoms with Gasteiger partial charge in [-0.2, -0.15) is 0 Å². The van der Waals surface area contributed by atoms with Crippen LogP contribution in [0.15, 0.2) is 30.3 Å². The van der Waals surface area contributed by atoms with Crippen LogP contribution in [0, 0.1) is 0 Å². The van der Waals surface area contributed by atoms with E-state index >= 15 is 0 Å². The molecule has 148 valence electrons. The van der Waals surface area contributed by atoms with Crippen molar-refractivity contribution in [3.05, 3.63) is 35.9 Å². The summed E-state index contributed by atoms with van der Waals surface area (Å²) in [6.45, 7) is 8.63. The van der Waals surface area contributed by atoms with Crippen LogP contribution in [0.25, 0.3) is 0 Å². The maximum atomic E-state index is 14.0. The molecule has 0 radical (unpaired) electrons. The highest BCUT2D eigenvalue weighted by Crippen LogP contribution is 2.66. The summed E-state index contributed by atoms with van der Waals surface area (Å²) in [6.07, 6.45) is 7.36. The van der Waals surface area contributed by atoms with Crippen LogP contribution in [-0.4, -0.2) is 29.9 Å². The average molecular weight is 381 g/mol. The third-order valence-corrected chi connectivity index (χ3v) is 8.29. The molecule has 0 spiro atoms. The summed E-state index contributed by atoms with van der Waals surface area (Å²) in [7, 11) is -3.23. The molecule has 1 atom stereocenters. The van der Waals surface area contributed by atoms with Crippen LogP contribution in [0.1, 0.15) is 71.3 Å². The molecular formula is C21H36NO3P. The van der Waals surface area contributed by atoms with Crippen molar-refractivity contribution in [3.8, 4) is 0 Å². The number of unbranched alkanes of at least 4 members (excludes halogenated alkanes) is 2. The molecule has 1 aliphatic heterocycles. The van der Waals surface area contributed by atoms with Gasteiger partial charge in [-0.25, -0.2) is 0 Å². The maximum absolute atomic E-state index is 14.0. The van der Waals surface area contributed by atoms with Gasteiger partial charge in [-0.05, 0) is 51.6 Å². The normalized spacial score (nSPS) is 21.8. The van der Waals surface area contributed by atoms with Crippen LogP contribution >= 0.6 is 7.60 Å². The van der Waals surface area contributed by atoms with Crippen molar-refractivity contribution < 1.29 is 13.6 Å². The second-order valence-electron chi connectivity index (χ2n) is 7.14. The Kier molecular flexibility index (Phi) is 8.83. The van der Waals surface area contributed by atoms with Gasteiger partial charge in [0, 0.05) is 6.54 Å². The SMILES string of the molecule is CCCCCC1(P(=O)(OCC)OCC)CCCCN1Cc1ccccc1. The van der Waals surface area contributed by atoms with E-state index in [1.54, 1.807) is 0 Å². The van der Waals surface area contributed by atoms with Gasteiger partial charge in [0.05, 0.1) is 13.2 Å². The molecule has 0 N–H and O–H groups in total. The summed E-state index contributed by atoms with van der Waals surface area (Å²) >= 11 is 0. The van der Waals surface area contributed by atoms with Crippen molar-refractivity contribution in [2.75, 3.05) is 19.8 Å². The highest BCUT2D eigenvalue weighted by Gasteiger charge is 2.54. The Morgan fingerprint density at radius 2 is 1.73 bits per heavy atom. The predicted molar refractivity (Wildman–Crippen MR) is 108 cm³/mol. The second kappa shape index (κ2) is 10.6. The lowest BCUT2D eigenvalue weighted by atomic mass is 9.95. The molecule has 0 bridgehead atoms. The fraction of sp³-hybridized carbons (Fsp3) is 0.714. The van der Waals surface area contributed by atoms with Crippen LogP contribution in [0.2, 0.25) is 0 Å². The minimum absolute atomic E-state index is 0.423. The van der Waals surface area contributed by atoms with Gasteiger partial charge in [0.1, 0.15) is 5.28 Å². The first-order valence-electron chi connectivity index (χ1n) is 10.3. The Hall–Kier alpha value is -0.670. The van der Waals surface area contributed by atoms with E-state index in [4.69, 9.17) is 9.05 Å². The summed E-state index contributed by atoms with van der Waals surface area (Å²) in [5.74, 6) is 0. The van der Waals surface area contributed by atoms with Gasteiger partial charge < -0.3 is 9.05 Å². The number of hydrogen-bond donors (Lipinski definition) is 0. The number of piperidine rings is 1. The molecule has 1 unspecified atom stereocenters. The topological polar surface area (TPSA) is 38.8 Å². The van der Waals surface area contributed by atoms with Gasteiger partial charge in [-0.15, -0.1) is 0 Å². The largest absolute Gasteiger partial charge is 0.350 e. The maximum Gasteiger partial charge on any atom is 0.350 e. The van der Waals surface area contributed by atoms with E-state index < -0.39 is 12.9 Å². The van der Waals surface area contributed by atoms with Crippen LogP contribution in [0.5, 0.6) is 0 Å². The molecule has 0 amide bonds. The van der Waals surface area contributed by atoms with E-state index in [9.17, 15) is 4.57 Å². The molecule has 2 rings (SSSR count). The highest BCUT2D eigenvalue weighted by molar-refractivity contribution is 7.55. The van der Waals surface area contributed by atoms with Crippen molar-refractivity contribution in [1.82, 2.24) is 4.90 Å². The lowest BCUT2D eigenvalue weighted by Gasteiger charge is -2.50. The van der Waals surface area contributed by atoms with Gasteiger partial charge in [0.15, 0.2) is 0 Å². The molecule has 26 heavy (non-hydrogen) atoms. The van der Waals surface area contributed by atoms with Crippen LogP contribution in [0.4, 0.5) is 0 Å². The predicted octanol–water partition coefficient (Wildman–Crippen LogP) is 6.22.